The molecule has 3 heterocycles. The topological polar surface area (TPSA) is 151 Å². The number of ether oxygens (including phenoxy) is 1. The molecular weight excluding hydrogens is 613 g/mol. The molecule has 1 amide bonds. The van der Waals surface area contributed by atoms with E-state index in [0.29, 0.717) is 55.0 Å². The molecule has 17 heteroatoms. The number of carbonyl (C=O) groups excluding carboxylic acids is 1. The second kappa shape index (κ2) is 11.7. The van der Waals surface area contributed by atoms with Crippen LogP contribution in [0.2, 0.25) is 0 Å². The van der Waals surface area contributed by atoms with Crippen molar-refractivity contribution in [2.24, 2.45) is 0 Å². The summed E-state index contributed by atoms with van der Waals surface area (Å²) in [5.41, 5.74) is -1.08. The number of sulfonamides is 1. The largest absolute Gasteiger partial charge is 0.480 e. The van der Waals surface area contributed by atoms with Gasteiger partial charge < -0.3 is 19.7 Å². The summed E-state index contributed by atoms with van der Waals surface area (Å²) in [6.07, 6.45) is -4.79. The summed E-state index contributed by atoms with van der Waals surface area (Å²) in [6.45, 7) is 2.53. The highest BCUT2D eigenvalue weighted by Crippen LogP contribution is 2.53. The Balaban J connectivity index is 0.00000387. The van der Waals surface area contributed by atoms with Crippen LogP contribution in [0, 0.1) is 0 Å². The van der Waals surface area contributed by atoms with Crippen LogP contribution < -0.4 is 10.0 Å². The molecule has 0 radical (unpaired) electrons. The molecule has 1 aromatic carbocycles. The van der Waals surface area contributed by atoms with E-state index < -0.39 is 39.4 Å². The molecule has 2 aliphatic rings. The second-order valence-electron chi connectivity index (χ2n) is 9.39. The lowest BCUT2D eigenvalue weighted by Crippen LogP contribution is -2.44. The number of carbonyl (C=O) groups is 2. The predicted molar refractivity (Wildman–Crippen MR) is 142 cm³/mol. The van der Waals surface area contributed by atoms with Gasteiger partial charge in [0.25, 0.3) is 10.0 Å². The summed E-state index contributed by atoms with van der Waals surface area (Å²) in [6, 6.07) is 9.60. The van der Waals surface area contributed by atoms with Crippen molar-refractivity contribution in [2.45, 2.75) is 28.3 Å². The van der Waals surface area contributed by atoms with Gasteiger partial charge in [-0.15, -0.1) is 23.7 Å². The molecule has 2 unspecified atom stereocenters. The Morgan fingerprint density at radius 1 is 1.17 bits per heavy atom. The molecular formula is C24H24ClF3N4O7S2. The molecule has 3 aromatic rings. The van der Waals surface area contributed by atoms with Gasteiger partial charge in [0, 0.05) is 30.8 Å². The maximum Gasteiger partial charge on any atom is 0.452 e. The smallest absolute Gasteiger partial charge is 0.452 e. The van der Waals surface area contributed by atoms with Gasteiger partial charge in [0.15, 0.2) is 0 Å². The number of benzene rings is 1. The lowest BCUT2D eigenvalue weighted by atomic mass is 10.1. The van der Waals surface area contributed by atoms with Crippen molar-refractivity contribution in [1.29, 1.82) is 0 Å². The highest BCUT2D eigenvalue weighted by molar-refractivity contribution is 7.91. The fourth-order valence-electron chi connectivity index (χ4n) is 4.47. The van der Waals surface area contributed by atoms with E-state index in [0.717, 1.165) is 6.07 Å². The first-order chi connectivity index (χ1) is 18.9. The van der Waals surface area contributed by atoms with Gasteiger partial charge >= 0.3 is 12.1 Å². The van der Waals surface area contributed by atoms with Gasteiger partial charge in [0.1, 0.15) is 15.4 Å². The lowest BCUT2D eigenvalue weighted by molar-refractivity contribution is -0.155. The number of rotatable bonds is 9. The van der Waals surface area contributed by atoms with Crippen LogP contribution in [-0.2, 0) is 30.5 Å². The fraction of sp³-hybridized carbons (Fsp3) is 0.375. The van der Waals surface area contributed by atoms with Crippen molar-refractivity contribution in [3.8, 4) is 10.6 Å². The molecule has 1 saturated heterocycles. The number of nitrogens with zero attached hydrogens (tertiary/aromatic N) is 2. The molecule has 2 atom stereocenters. The quantitative estimate of drug-likeness (QED) is 0.321. The predicted octanol–water partition coefficient (Wildman–Crippen LogP) is 3.40. The first-order valence-corrected chi connectivity index (χ1v) is 14.3. The number of aliphatic carboxylic acids is 1. The van der Waals surface area contributed by atoms with Gasteiger partial charge in [-0.05, 0) is 36.2 Å². The Morgan fingerprint density at radius 2 is 1.90 bits per heavy atom. The number of amides is 1. The van der Waals surface area contributed by atoms with Crippen LogP contribution in [0.1, 0.15) is 23.7 Å². The fourth-order valence-corrected chi connectivity index (χ4v) is 7.13. The van der Waals surface area contributed by atoms with E-state index in [2.05, 4.69) is 19.7 Å². The molecule has 11 nitrogen and oxygen atoms in total. The number of morpholine rings is 1. The van der Waals surface area contributed by atoms with Gasteiger partial charge in [0.05, 0.1) is 24.6 Å². The van der Waals surface area contributed by atoms with Crippen molar-refractivity contribution in [1.82, 2.24) is 14.8 Å². The third kappa shape index (κ3) is 6.73. The number of carboxylic acid groups (broad SMARTS) is 1. The monoisotopic (exact) mass is 636 g/mol. The average molecular weight is 637 g/mol. The molecule has 41 heavy (non-hydrogen) atoms. The molecule has 222 valence electrons. The van der Waals surface area contributed by atoms with Crippen LogP contribution in [0.15, 0.2) is 51.2 Å². The minimum atomic E-state index is -4.75. The molecule has 1 aliphatic heterocycles. The van der Waals surface area contributed by atoms with Crippen molar-refractivity contribution in [2.75, 3.05) is 38.2 Å². The van der Waals surface area contributed by atoms with Crippen LogP contribution in [0.5, 0.6) is 0 Å². The summed E-state index contributed by atoms with van der Waals surface area (Å²) < 4.78 is 76.2. The van der Waals surface area contributed by atoms with Crippen molar-refractivity contribution in [3.63, 3.8) is 0 Å². The Labute approximate surface area is 242 Å². The van der Waals surface area contributed by atoms with Gasteiger partial charge in [-0.2, -0.15) is 17.9 Å². The molecule has 0 spiro atoms. The van der Waals surface area contributed by atoms with E-state index in [-0.39, 0.29) is 46.1 Å². The van der Waals surface area contributed by atoms with E-state index in [4.69, 9.17) is 4.74 Å². The third-order valence-electron chi connectivity index (χ3n) is 6.59. The number of nitrogens with one attached hydrogen (secondary N) is 2. The van der Waals surface area contributed by atoms with E-state index in [9.17, 15) is 36.3 Å². The number of hydrogen-bond acceptors (Lipinski definition) is 9. The molecule has 5 rings (SSSR count). The minimum absolute atomic E-state index is 0. The van der Waals surface area contributed by atoms with E-state index in [1.54, 1.807) is 24.3 Å². The van der Waals surface area contributed by atoms with E-state index >= 15 is 0 Å². The highest BCUT2D eigenvalue weighted by atomic mass is 35.5. The Morgan fingerprint density at radius 3 is 2.56 bits per heavy atom. The summed E-state index contributed by atoms with van der Waals surface area (Å²) in [5, 5.41) is 16.1. The molecule has 0 bridgehead atoms. The van der Waals surface area contributed by atoms with Crippen molar-refractivity contribution >= 4 is 51.3 Å². The average Bonchev–Trinajstić information content (AvgIpc) is 3.24. The number of thiophene rings is 1. The second-order valence-corrected chi connectivity index (χ2v) is 12.4. The van der Waals surface area contributed by atoms with Crippen LogP contribution in [0.4, 0.5) is 18.9 Å². The molecule has 1 saturated carbocycles. The standard InChI is InChI=1S/C24H23F3N4O7S2.ClH/c25-24(26,27)19-11-17(29-38-19)18-4-5-21(39-18)40(35,36)30-23(22(33)34)12-16(23)14-2-1-3-15(10-14)28-20(32)13-31-6-8-37-9-7-31;/h1-5,10-11,16,30H,6-9,12-13H2,(H,28,32)(H,33,34);1H. The van der Waals surface area contributed by atoms with E-state index in [1.165, 1.54) is 6.07 Å². The molecule has 2 aromatic heterocycles. The molecule has 1 aliphatic carbocycles. The third-order valence-corrected chi connectivity index (χ3v) is 9.70. The van der Waals surface area contributed by atoms with Crippen molar-refractivity contribution in [3.05, 3.63) is 53.8 Å². The molecule has 3 N–H and O–H groups in total. The Bertz CT molecular complexity index is 1540. The van der Waals surface area contributed by atoms with Gasteiger partial charge in [0.2, 0.25) is 11.7 Å². The number of hydrogen-bond donors (Lipinski definition) is 3. The van der Waals surface area contributed by atoms with Crippen LogP contribution in [-0.4, -0.2) is 73.8 Å². The number of aromatic nitrogens is 1. The zero-order valence-corrected chi connectivity index (χ0v) is 23.5. The first kappa shape index (κ1) is 30.9. The number of anilines is 1. The lowest BCUT2D eigenvalue weighted by Gasteiger charge is -2.25. The van der Waals surface area contributed by atoms with Crippen LogP contribution in [0.25, 0.3) is 10.6 Å². The number of carboxylic acids is 1. The molecule has 2 fully saturated rings. The summed E-state index contributed by atoms with van der Waals surface area (Å²) in [5.74, 6) is -3.68. The van der Waals surface area contributed by atoms with E-state index in [1.807, 2.05) is 4.90 Å². The SMILES string of the molecule is Cl.O=C(CN1CCOCC1)Nc1cccc(C2CC2(NS(=O)(=O)c2ccc(-c3cc(C(F)(F)F)on3)s2)C(=O)O)c1. The zero-order valence-electron chi connectivity index (χ0n) is 21.0. The van der Waals surface area contributed by atoms with Gasteiger partial charge in [-0.1, -0.05) is 17.3 Å². The number of halogens is 4. The van der Waals surface area contributed by atoms with Crippen molar-refractivity contribution < 1.29 is 45.5 Å². The van der Waals surface area contributed by atoms with Gasteiger partial charge in [-0.25, -0.2) is 8.42 Å². The minimum Gasteiger partial charge on any atom is -0.480 e. The summed E-state index contributed by atoms with van der Waals surface area (Å²) in [4.78, 5) is 26.8. The summed E-state index contributed by atoms with van der Waals surface area (Å²) >= 11 is 0.625. The maximum absolute atomic E-state index is 13.1. The van der Waals surface area contributed by atoms with Crippen LogP contribution in [0.3, 0.4) is 0 Å². The maximum atomic E-state index is 13.1. The summed E-state index contributed by atoms with van der Waals surface area (Å²) in [7, 11) is -4.37. The van der Waals surface area contributed by atoms with Gasteiger partial charge in [-0.3, -0.25) is 14.5 Å². The highest BCUT2D eigenvalue weighted by Gasteiger charge is 2.63. The Hall–Kier alpha value is -3.02. The Kier molecular flexibility index (Phi) is 8.82. The first-order valence-electron chi connectivity index (χ1n) is 12.0. The van der Waals surface area contributed by atoms with Crippen LogP contribution >= 0.6 is 23.7 Å². The normalized spacial score (nSPS) is 21.2. The zero-order chi connectivity index (χ0) is 28.7. The number of alkyl halides is 3.